The molecular weight excluding hydrogens is 250 g/mol. The molecule has 5 nitrogen and oxygen atoms in total. The summed E-state index contributed by atoms with van der Waals surface area (Å²) in [4.78, 5) is 14.6. The largest absolute Gasteiger partial charge is 0.364 e. The summed E-state index contributed by atoms with van der Waals surface area (Å²) >= 11 is 1.84. The van der Waals surface area contributed by atoms with Crippen molar-refractivity contribution in [2.75, 3.05) is 23.9 Å². The molecule has 0 fully saturated rings. The smallest absolute Gasteiger partial charge is 0.314 e. The third-order valence-corrected chi connectivity index (χ3v) is 3.32. The highest BCUT2D eigenvalue weighted by Gasteiger charge is 2.17. The first-order valence-corrected chi connectivity index (χ1v) is 7.39. The summed E-state index contributed by atoms with van der Waals surface area (Å²) in [5.74, 6) is 1.55. The van der Waals surface area contributed by atoms with Gasteiger partial charge in [-0.2, -0.15) is 11.8 Å². The van der Waals surface area contributed by atoms with Gasteiger partial charge in [0.1, 0.15) is 0 Å². The van der Waals surface area contributed by atoms with Crippen LogP contribution in [-0.4, -0.2) is 28.5 Å². The lowest BCUT2D eigenvalue weighted by molar-refractivity contribution is -0.384. The first kappa shape index (κ1) is 14.8. The quantitative estimate of drug-likeness (QED) is 0.446. The van der Waals surface area contributed by atoms with Crippen LogP contribution in [-0.2, 0) is 0 Å². The Labute approximate surface area is 112 Å². The van der Waals surface area contributed by atoms with Crippen LogP contribution in [0.3, 0.4) is 0 Å². The molecular formula is C12H19N3O2S. The Morgan fingerprint density at radius 3 is 2.89 bits per heavy atom. The number of unbranched alkanes of at least 4 members (excludes halogenated alkanes) is 2. The highest BCUT2D eigenvalue weighted by atomic mass is 32.2. The Morgan fingerprint density at radius 1 is 1.44 bits per heavy atom. The summed E-state index contributed by atoms with van der Waals surface area (Å²) in [6.07, 6.45) is 7.02. The third-order valence-electron chi connectivity index (χ3n) is 2.63. The number of pyridine rings is 1. The van der Waals surface area contributed by atoms with Gasteiger partial charge < -0.3 is 5.32 Å². The van der Waals surface area contributed by atoms with Crippen LogP contribution in [0.15, 0.2) is 12.3 Å². The molecule has 0 saturated heterocycles. The van der Waals surface area contributed by atoms with Crippen LogP contribution in [0.1, 0.15) is 24.8 Å². The molecule has 1 aromatic heterocycles. The molecule has 1 heterocycles. The fourth-order valence-electron chi connectivity index (χ4n) is 1.67. The molecule has 1 N–H and O–H groups in total. The van der Waals surface area contributed by atoms with Crippen molar-refractivity contribution >= 4 is 23.3 Å². The second-order valence-electron chi connectivity index (χ2n) is 4.06. The predicted octanol–water partition coefficient (Wildman–Crippen LogP) is 3.24. The van der Waals surface area contributed by atoms with Crippen molar-refractivity contribution in [3.63, 3.8) is 0 Å². The minimum Gasteiger partial charge on any atom is -0.364 e. The van der Waals surface area contributed by atoms with E-state index in [1.165, 1.54) is 12.2 Å². The molecule has 0 bridgehead atoms. The van der Waals surface area contributed by atoms with Gasteiger partial charge in [0.25, 0.3) is 0 Å². The number of nitro groups is 1. The average Bonchev–Trinajstić information content (AvgIpc) is 2.33. The molecule has 0 saturated carbocycles. The molecule has 1 aromatic rings. The van der Waals surface area contributed by atoms with Crippen LogP contribution in [0.25, 0.3) is 0 Å². The standard InChI is InChI=1S/C12H19N3O2S/c1-10-6-8-14-12(11(10)15(16)17)13-7-4-3-5-9-18-2/h6,8H,3-5,7,9H2,1-2H3,(H,13,14). The van der Waals surface area contributed by atoms with Gasteiger partial charge in [-0.05, 0) is 37.8 Å². The molecule has 18 heavy (non-hydrogen) atoms. The Morgan fingerprint density at radius 2 is 2.22 bits per heavy atom. The maximum absolute atomic E-state index is 10.9. The van der Waals surface area contributed by atoms with E-state index in [2.05, 4.69) is 16.6 Å². The summed E-state index contributed by atoms with van der Waals surface area (Å²) in [7, 11) is 0. The second-order valence-corrected chi connectivity index (χ2v) is 5.05. The van der Waals surface area contributed by atoms with E-state index in [1.54, 1.807) is 19.2 Å². The van der Waals surface area contributed by atoms with Crippen LogP contribution < -0.4 is 5.32 Å². The van der Waals surface area contributed by atoms with Crippen molar-refractivity contribution in [3.05, 3.63) is 27.9 Å². The zero-order valence-corrected chi connectivity index (χ0v) is 11.6. The number of nitrogens with zero attached hydrogens (tertiary/aromatic N) is 2. The van der Waals surface area contributed by atoms with Gasteiger partial charge in [-0.3, -0.25) is 10.1 Å². The lowest BCUT2D eigenvalue weighted by Gasteiger charge is -2.07. The van der Waals surface area contributed by atoms with E-state index in [1.807, 2.05) is 11.8 Å². The molecule has 0 spiro atoms. The summed E-state index contributed by atoms with van der Waals surface area (Å²) < 4.78 is 0. The Hall–Kier alpha value is -1.30. The van der Waals surface area contributed by atoms with E-state index in [4.69, 9.17) is 0 Å². The second kappa shape index (κ2) is 7.92. The Kier molecular flexibility index (Phi) is 6.49. The highest BCUT2D eigenvalue weighted by Crippen LogP contribution is 2.25. The number of aromatic nitrogens is 1. The Bertz CT molecular complexity index is 399. The maximum atomic E-state index is 10.9. The van der Waals surface area contributed by atoms with Gasteiger partial charge in [0.2, 0.25) is 5.82 Å². The number of hydrogen-bond donors (Lipinski definition) is 1. The van der Waals surface area contributed by atoms with Crippen molar-refractivity contribution in [1.29, 1.82) is 0 Å². The normalized spacial score (nSPS) is 10.3. The van der Waals surface area contributed by atoms with Gasteiger partial charge >= 0.3 is 5.69 Å². The minimum atomic E-state index is -0.377. The van der Waals surface area contributed by atoms with Gasteiger partial charge in [-0.15, -0.1) is 0 Å². The number of aryl methyl sites for hydroxylation is 1. The molecule has 0 aromatic carbocycles. The van der Waals surface area contributed by atoms with Gasteiger partial charge in [0.15, 0.2) is 0 Å². The SMILES string of the molecule is CSCCCCCNc1nccc(C)c1[N+](=O)[O-]. The fraction of sp³-hybridized carbons (Fsp3) is 0.583. The molecule has 0 unspecified atom stereocenters. The molecule has 0 radical (unpaired) electrons. The van der Waals surface area contributed by atoms with E-state index in [-0.39, 0.29) is 10.6 Å². The number of anilines is 1. The van der Waals surface area contributed by atoms with Gasteiger partial charge in [-0.25, -0.2) is 4.98 Å². The minimum absolute atomic E-state index is 0.0848. The summed E-state index contributed by atoms with van der Waals surface area (Å²) in [5.41, 5.74) is 0.724. The lowest BCUT2D eigenvalue weighted by Crippen LogP contribution is -2.07. The molecule has 0 aliphatic heterocycles. The molecule has 0 amide bonds. The van der Waals surface area contributed by atoms with Gasteiger partial charge in [0, 0.05) is 18.3 Å². The maximum Gasteiger partial charge on any atom is 0.314 e. The fourth-order valence-corrected chi connectivity index (χ4v) is 2.16. The number of rotatable bonds is 8. The highest BCUT2D eigenvalue weighted by molar-refractivity contribution is 7.98. The number of nitrogens with one attached hydrogen (secondary N) is 1. The van der Waals surface area contributed by atoms with Crippen LogP contribution >= 0.6 is 11.8 Å². The lowest BCUT2D eigenvalue weighted by atomic mass is 10.2. The third kappa shape index (κ3) is 4.52. The molecule has 1 rings (SSSR count). The van der Waals surface area contributed by atoms with Crippen LogP contribution in [0.4, 0.5) is 11.5 Å². The first-order valence-electron chi connectivity index (χ1n) is 5.99. The summed E-state index contributed by atoms with van der Waals surface area (Å²) in [5, 5.41) is 14.0. The molecule has 0 aliphatic rings. The van der Waals surface area contributed by atoms with Crippen molar-refractivity contribution in [1.82, 2.24) is 4.98 Å². The van der Waals surface area contributed by atoms with Gasteiger partial charge in [0.05, 0.1) is 4.92 Å². The molecule has 0 atom stereocenters. The van der Waals surface area contributed by atoms with Crippen LogP contribution in [0.2, 0.25) is 0 Å². The van der Waals surface area contributed by atoms with Crippen molar-refractivity contribution < 1.29 is 4.92 Å². The monoisotopic (exact) mass is 269 g/mol. The zero-order valence-electron chi connectivity index (χ0n) is 10.8. The van der Waals surface area contributed by atoms with Gasteiger partial charge in [-0.1, -0.05) is 6.42 Å². The molecule has 100 valence electrons. The van der Waals surface area contributed by atoms with Crippen molar-refractivity contribution in [3.8, 4) is 0 Å². The topological polar surface area (TPSA) is 68.1 Å². The van der Waals surface area contributed by atoms with E-state index >= 15 is 0 Å². The Balaban J connectivity index is 2.47. The van der Waals surface area contributed by atoms with E-state index in [0.717, 1.165) is 19.4 Å². The van der Waals surface area contributed by atoms with E-state index in [9.17, 15) is 10.1 Å². The van der Waals surface area contributed by atoms with Crippen molar-refractivity contribution in [2.45, 2.75) is 26.2 Å². The van der Waals surface area contributed by atoms with Crippen LogP contribution in [0.5, 0.6) is 0 Å². The predicted molar refractivity (Wildman–Crippen MR) is 76.4 cm³/mol. The number of hydrogen-bond acceptors (Lipinski definition) is 5. The molecule has 0 aliphatic carbocycles. The van der Waals surface area contributed by atoms with E-state index in [0.29, 0.717) is 11.4 Å². The van der Waals surface area contributed by atoms with Crippen LogP contribution in [0, 0.1) is 17.0 Å². The number of thioether (sulfide) groups is 1. The summed E-state index contributed by atoms with van der Waals surface area (Å²) in [6, 6.07) is 1.65. The average molecular weight is 269 g/mol. The van der Waals surface area contributed by atoms with E-state index < -0.39 is 0 Å². The zero-order chi connectivity index (χ0) is 13.4. The summed E-state index contributed by atoms with van der Waals surface area (Å²) in [6.45, 7) is 2.45. The first-order chi connectivity index (χ1) is 8.66. The van der Waals surface area contributed by atoms with Crippen molar-refractivity contribution in [2.24, 2.45) is 0 Å². The molecule has 6 heteroatoms.